The van der Waals surface area contributed by atoms with Crippen LogP contribution in [0.3, 0.4) is 0 Å². The zero-order valence-corrected chi connectivity index (χ0v) is 8.31. The number of carbonyl (C=O) groups is 2. The lowest BCUT2D eigenvalue weighted by Gasteiger charge is -2.03. The molecule has 0 atom stereocenters. The van der Waals surface area contributed by atoms with Crippen molar-refractivity contribution in [2.45, 2.75) is 6.61 Å². The molecule has 1 N–H and O–H groups in total. The minimum Gasteiger partial charge on any atom is -0.367 e. The number of rotatable bonds is 6. The van der Waals surface area contributed by atoms with Crippen LogP contribution in [0.5, 0.6) is 0 Å². The van der Waals surface area contributed by atoms with Gasteiger partial charge in [0.25, 0.3) is 0 Å². The van der Waals surface area contributed by atoms with E-state index < -0.39 is 0 Å². The first-order valence-corrected chi connectivity index (χ1v) is 4.65. The average molecular weight is 207 g/mol. The van der Waals surface area contributed by atoms with Gasteiger partial charge in [0, 0.05) is 0 Å². The summed E-state index contributed by atoms with van der Waals surface area (Å²) in [5.41, 5.74) is 1.01. The van der Waals surface area contributed by atoms with Gasteiger partial charge < -0.3 is 14.8 Å². The summed E-state index contributed by atoms with van der Waals surface area (Å²) in [6.45, 7) is 0.408. The smallest absolute Gasteiger partial charge is 0.246 e. The van der Waals surface area contributed by atoms with Crippen molar-refractivity contribution in [1.82, 2.24) is 5.32 Å². The van der Waals surface area contributed by atoms with Crippen LogP contribution in [0, 0.1) is 0 Å². The van der Waals surface area contributed by atoms with Gasteiger partial charge in [-0.15, -0.1) is 0 Å². The molecule has 1 amide bonds. The zero-order valence-electron chi connectivity index (χ0n) is 8.31. The molecule has 0 radical (unpaired) electrons. The molecule has 15 heavy (non-hydrogen) atoms. The number of amides is 1. The Morgan fingerprint density at radius 3 is 2.73 bits per heavy atom. The number of benzene rings is 1. The quantitative estimate of drug-likeness (QED) is 0.692. The third-order valence-electron chi connectivity index (χ3n) is 1.73. The molecule has 1 rings (SSSR count). The zero-order chi connectivity index (χ0) is 10.9. The van der Waals surface area contributed by atoms with Crippen LogP contribution in [-0.4, -0.2) is 25.3 Å². The molecule has 0 spiro atoms. The third-order valence-corrected chi connectivity index (χ3v) is 1.73. The van der Waals surface area contributed by atoms with Gasteiger partial charge >= 0.3 is 0 Å². The summed E-state index contributed by atoms with van der Waals surface area (Å²) in [5, 5.41) is 2.39. The van der Waals surface area contributed by atoms with Crippen LogP contribution < -0.4 is 5.32 Å². The van der Waals surface area contributed by atoms with E-state index in [0.717, 1.165) is 5.56 Å². The maximum absolute atomic E-state index is 11.0. The monoisotopic (exact) mass is 207 g/mol. The molecule has 0 saturated carbocycles. The summed E-state index contributed by atoms with van der Waals surface area (Å²) in [6.07, 6.45) is 0.634. The SMILES string of the molecule is O=CCNC(=O)COCc1ccccc1. The van der Waals surface area contributed by atoms with E-state index in [1.165, 1.54) is 0 Å². The summed E-state index contributed by atoms with van der Waals surface area (Å²) >= 11 is 0. The van der Waals surface area contributed by atoms with Gasteiger partial charge in [0.1, 0.15) is 12.9 Å². The first kappa shape index (κ1) is 11.4. The van der Waals surface area contributed by atoms with Gasteiger partial charge in [0.15, 0.2) is 0 Å². The molecule has 4 heteroatoms. The lowest BCUT2D eigenvalue weighted by Crippen LogP contribution is -2.28. The lowest BCUT2D eigenvalue weighted by molar-refractivity contribution is -0.127. The van der Waals surface area contributed by atoms with Crippen LogP contribution in [0.1, 0.15) is 5.56 Å². The van der Waals surface area contributed by atoms with Crippen LogP contribution in [0.4, 0.5) is 0 Å². The molecule has 0 saturated heterocycles. The van der Waals surface area contributed by atoms with Crippen molar-refractivity contribution >= 4 is 12.2 Å². The molecular formula is C11H13NO3. The highest BCUT2D eigenvalue weighted by molar-refractivity contribution is 5.79. The van der Waals surface area contributed by atoms with E-state index in [9.17, 15) is 9.59 Å². The summed E-state index contributed by atoms with van der Waals surface area (Å²) in [7, 11) is 0. The summed E-state index contributed by atoms with van der Waals surface area (Å²) in [6, 6.07) is 9.57. The van der Waals surface area contributed by atoms with Gasteiger partial charge in [-0.25, -0.2) is 0 Å². The van der Waals surface area contributed by atoms with Crippen LogP contribution in [0.15, 0.2) is 30.3 Å². The Labute approximate surface area is 88.2 Å². The fourth-order valence-electron chi connectivity index (χ4n) is 1.04. The van der Waals surface area contributed by atoms with Crippen molar-refractivity contribution in [2.75, 3.05) is 13.2 Å². The minimum absolute atomic E-state index is 0.0251. The Balaban J connectivity index is 2.16. The number of ether oxygens (including phenoxy) is 1. The van der Waals surface area contributed by atoms with Crippen molar-refractivity contribution in [3.63, 3.8) is 0 Å². The van der Waals surface area contributed by atoms with Crippen LogP contribution in [0.2, 0.25) is 0 Å². The van der Waals surface area contributed by atoms with Crippen LogP contribution >= 0.6 is 0 Å². The van der Waals surface area contributed by atoms with Gasteiger partial charge in [-0.1, -0.05) is 30.3 Å². The fourth-order valence-corrected chi connectivity index (χ4v) is 1.04. The van der Waals surface area contributed by atoms with Crippen molar-refractivity contribution in [2.24, 2.45) is 0 Å². The number of hydrogen-bond acceptors (Lipinski definition) is 3. The average Bonchev–Trinajstić information content (AvgIpc) is 2.28. The molecule has 0 aliphatic carbocycles. The number of carbonyl (C=O) groups excluding carboxylic acids is 2. The summed E-state index contributed by atoms with van der Waals surface area (Å²) in [5.74, 6) is -0.280. The minimum atomic E-state index is -0.280. The fraction of sp³-hybridized carbons (Fsp3) is 0.273. The van der Waals surface area contributed by atoms with E-state index in [4.69, 9.17) is 4.74 Å². The van der Waals surface area contributed by atoms with E-state index >= 15 is 0 Å². The molecular weight excluding hydrogens is 194 g/mol. The largest absolute Gasteiger partial charge is 0.367 e. The molecule has 80 valence electrons. The van der Waals surface area contributed by atoms with Crippen LogP contribution in [0.25, 0.3) is 0 Å². The van der Waals surface area contributed by atoms with E-state index in [1.807, 2.05) is 30.3 Å². The van der Waals surface area contributed by atoms with Gasteiger partial charge in [-0.2, -0.15) is 0 Å². The molecule has 1 aromatic rings. The molecule has 0 aliphatic heterocycles. The standard InChI is InChI=1S/C11H13NO3/c13-7-6-12-11(14)9-15-8-10-4-2-1-3-5-10/h1-5,7H,6,8-9H2,(H,12,14). The predicted molar refractivity (Wildman–Crippen MR) is 55.2 cm³/mol. The van der Waals surface area contributed by atoms with Crippen molar-refractivity contribution in [3.05, 3.63) is 35.9 Å². The molecule has 0 aliphatic rings. The third kappa shape index (κ3) is 4.93. The molecule has 0 fully saturated rings. The Hall–Kier alpha value is -1.68. The van der Waals surface area contributed by atoms with Crippen LogP contribution in [-0.2, 0) is 20.9 Å². The second-order valence-corrected chi connectivity index (χ2v) is 2.95. The van der Waals surface area contributed by atoms with Gasteiger partial charge in [-0.3, -0.25) is 4.79 Å². The Bertz CT molecular complexity index is 311. The Morgan fingerprint density at radius 1 is 1.33 bits per heavy atom. The van der Waals surface area contributed by atoms with E-state index in [2.05, 4.69) is 5.32 Å². The van der Waals surface area contributed by atoms with E-state index in [-0.39, 0.29) is 19.1 Å². The van der Waals surface area contributed by atoms with E-state index in [1.54, 1.807) is 0 Å². The molecule has 0 heterocycles. The Kier molecular flexibility index (Phi) is 5.11. The van der Waals surface area contributed by atoms with Crippen molar-refractivity contribution < 1.29 is 14.3 Å². The predicted octanol–water partition coefficient (Wildman–Crippen LogP) is 0.518. The maximum Gasteiger partial charge on any atom is 0.246 e. The molecule has 0 bridgehead atoms. The lowest BCUT2D eigenvalue weighted by atomic mass is 10.2. The normalized spacial score (nSPS) is 9.60. The van der Waals surface area contributed by atoms with Crippen molar-refractivity contribution in [1.29, 1.82) is 0 Å². The Morgan fingerprint density at radius 2 is 2.07 bits per heavy atom. The van der Waals surface area contributed by atoms with Gasteiger partial charge in [-0.05, 0) is 5.56 Å². The maximum atomic E-state index is 11.0. The first-order valence-electron chi connectivity index (χ1n) is 4.65. The second kappa shape index (κ2) is 6.73. The second-order valence-electron chi connectivity index (χ2n) is 2.95. The highest BCUT2D eigenvalue weighted by atomic mass is 16.5. The molecule has 0 unspecified atom stereocenters. The first-order chi connectivity index (χ1) is 7.33. The number of hydrogen-bond donors (Lipinski definition) is 1. The molecule has 0 aromatic heterocycles. The van der Waals surface area contributed by atoms with Gasteiger partial charge in [0.05, 0.1) is 13.2 Å². The molecule has 4 nitrogen and oxygen atoms in total. The number of aldehydes is 1. The number of nitrogens with one attached hydrogen (secondary N) is 1. The highest BCUT2D eigenvalue weighted by Gasteiger charge is 1.99. The topological polar surface area (TPSA) is 55.4 Å². The highest BCUT2D eigenvalue weighted by Crippen LogP contribution is 1.99. The summed E-state index contributed by atoms with van der Waals surface area (Å²) in [4.78, 5) is 20.9. The summed E-state index contributed by atoms with van der Waals surface area (Å²) < 4.78 is 5.15. The van der Waals surface area contributed by atoms with E-state index in [0.29, 0.717) is 12.9 Å². The van der Waals surface area contributed by atoms with Crippen molar-refractivity contribution in [3.8, 4) is 0 Å². The van der Waals surface area contributed by atoms with Gasteiger partial charge in [0.2, 0.25) is 5.91 Å². The molecule has 1 aromatic carbocycles.